The third-order valence-corrected chi connectivity index (χ3v) is 5.09. The number of aliphatic hydroxyl groups is 1. The third kappa shape index (κ3) is 1.44. The minimum Gasteiger partial charge on any atom is -0.377 e. The number of rotatable bonds is 1. The van der Waals surface area contributed by atoms with Crippen molar-refractivity contribution in [3.05, 3.63) is 11.6 Å². The van der Waals surface area contributed by atoms with Crippen molar-refractivity contribution in [1.82, 2.24) is 4.90 Å². The smallest absolute Gasteiger partial charge is 0.236 e. The summed E-state index contributed by atoms with van der Waals surface area (Å²) in [4.78, 5) is 38.0. The van der Waals surface area contributed by atoms with Gasteiger partial charge in [-0.2, -0.15) is 0 Å². The van der Waals surface area contributed by atoms with Crippen LogP contribution in [0.15, 0.2) is 11.6 Å². The minimum atomic E-state index is -1.80. The first-order valence-electron chi connectivity index (χ1n) is 7.08. The van der Waals surface area contributed by atoms with E-state index in [1.807, 2.05) is 13.8 Å². The third-order valence-electron chi connectivity index (χ3n) is 5.09. The molecule has 4 aliphatic rings. The molecule has 2 bridgehead atoms. The molecule has 108 valence electrons. The lowest BCUT2D eigenvalue weighted by atomic mass is 9.65. The Morgan fingerprint density at radius 3 is 2.55 bits per heavy atom. The van der Waals surface area contributed by atoms with Gasteiger partial charge in [0, 0.05) is 13.5 Å². The van der Waals surface area contributed by atoms with Crippen LogP contribution in [0.5, 0.6) is 0 Å². The van der Waals surface area contributed by atoms with E-state index in [-0.39, 0.29) is 29.9 Å². The van der Waals surface area contributed by atoms with Crippen LogP contribution in [0, 0.1) is 23.7 Å². The fourth-order valence-corrected chi connectivity index (χ4v) is 4.04. The molecule has 5 nitrogen and oxygen atoms in total. The second kappa shape index (κ2) is 4.01. The van der Waals surface area contributed by atoms with Crippen molar-refractivity contribution < 1.29 is 19.5 Å². The molecule has 1 aliphatic heterocycles. The Bertz CT molecular complexity index is 550. The zero-order valence-electron chi connectivity index (χ0n) is 11.9. The lowest BCUT2D eigenvalue weighted by Gasteiger charge is -2.38. The minimum absolute atomic E-state index is 0.104. The average molecular weight is 277 g/mol. The highest BCUT2D eigenvalue weighted by Gasteiger charge is 2.64. The normalized spacial score (nSPS) is 40.2. The van der Waals surface area contributed by atoms with Crippen LogP contribution in [0.1, 0.15) is 26.7 Å². The lowest BCUT2D eigenvalue weighted by Crippen LogP contribution is -2.51. The van der Waals surface area contributed by atoms with Crippen LogP contribution in [-0.4, -0.2) is 40.3 Å². The maximum Gasteiger partial charge on any atom is 0.236 e. The van der Waals surface area contributed by atoms with E-state index in [1.165, 1.54) is 7.05 Å². The summed E-state index contributed by atoms with van der Waals surface area (Å²) in [5, 5.41) is 10.8. The summed E-state index contributed by atoms with van der Waals surface area (Å²) in [6, 6.07) is 0. The molecule has 4 atom stereocenters. The molecular formula is C15H19NO4. The molecule has 2 fully saturated rings. The number of imide groups is 1. The fourth-order valence-electron chi connectivity index (χ4n) is 4.04. The van der Waals surface area contributed by atoms with Crippen LogP contribution in [0.25, 0.3) is 0 Å². The number of allylic oxidation sites excluding steroid dienone is 1. The number of hydrogen-bond donors (Lipinski definition) is 1. The van der Waals surface area contributed by atoms with E-state index in [2.05, 4.69) is 0 Å². The number of amides is 2. The zero-order chi connectivity index (χ0) is 14.8. The van der Waals surface area contributed by atoms with E-state index < -0.39 is 23.3 Å². The first kappa shape index (κ1) is 13.5. The Balaban J connectivity index is 2.22. The van der Waals surface area contributed by atoms with Crippen LogP contribution < -0.4 is 0 Å². The zero-order valence-corrected chi connectivity index (χ0v) is 11.9. The van der Waals surface area contributed by atoms with E-state index in [1.54, 1.807) is 6.08 Å². The van der Waals surface area contributed by atoms with E-state index in [0.717, 1.165) is 10.5 Å². The van der Waals surface area contributed by atoms with E-state index in [0.29, 0.717) is 6.42 Å². The van der Waals surface area contributed by atoms with Crippen LogP contribution in [0.4, 0.5) is 0 Å². The number of likely N-dealkylation sites (tertiary alicyclic amines) is 1. The molecule has 20 heavy (non-hydrogen) atoms. The van der Waals surface area contributed by atoms with Crippen molar-refractivity contribution in [3.8, 4) is 0 Å². The average Bonchev–Trinajstić information content (AvgIpc) is 2.53. The number of carbonyl (C=O) groups excluding carboxylic acids is 3. The van der Waals surface area contributed by atoms with Crippen LogP contribution >= 0.6 is 0 Å². The van der Waals surface area contributed by atoms with Gasteiger partial charge in [-0.1, -0.05) is 19.4 Å². The van der Waals surface area contributed by atoms with Crippen molar-refractivity contribution in [2.45, 2.75) is 32.3 Å². The highest BCUT2D eigenvalue weighted by atomic mass is 16.3. The van der Waals surface area contributed by atoms with Crippen molar-refractivity contribution in [2.24, 2.45) is 23.7 Å². The summed E-state index contributed by atoms with van der Waals surface area (Å²) in [6.45, 7) is 3.97. The van der Waals surface area contributed by atoms with Gasteiger partial charge in [-0.15, -0.1) is 0 Å². The molecule has 3 aliphatic carbocycles. The summed E-state index contributed by atoms with van der Waals surface area (Å²) in [7, 11) is 1.43. The maximum atomic E-state index is 12.4. The lowest BCUT2D eigenvalue weighted by molar-refractivity contribution is -0.148. The van der Waals surface area contributed by atoms with E-state index in [9.17, 15) is 19.5 Å². The quantitative estimate of drug-likeness (QED) is 0.560. The molecule has 1 heterocycles. The molecule has 0 aromatic heterocycles. The largest absolute Gasteiger partial charge is 0.377 e. The van der Waals surface area contributed by atoms with Crippen LogP contribution in [0.3, 0.4) is 0 Å². The van der Waals surface area contributed by atoms with Gasteiger partial charge in [0.1, 0.15) is 0 Å². The Morgan fingerprint density at radius 2 is 1.95 bits per heavy atom. The first-order valence-corrected chi connectivity index (χ1v) is 7.08. The number of nitrogens with zero attached hydrogens (tertiary/aromatic N) is 1. The first-order chi connectivity index (χ1) is 9.29. The molecule has 0 aromatic rings. The Labute approximate surface area is 117 Å². The molecule has 1 N–H and O–H groups in total. The van der Waals surface area contributed by atoms with Crippen molar-refractivity contribution in [3.63, 3.8) is 0 Å². The summed E-state index contributed by atoms with van der Waals surface area (Å²) < 4.78 is 0. The van der Waals surface area contributed by atoms with Gasteiger partial charge >= 0.3 is 0 Å². The molecule has 0 spiro atoms. The highest BCUT2D eigenvalue weighted by Crippen LogP contribution is 2.52. The predicted octanol–water partition coefficient (Wildman–Crippen LogP) is 0.524. The van der Waals surface area contributed by atoms with Crippen molar-refractivity contribution in [1.29, 1.82) is 0 Å². The van der Waals surface area contributed by atoms with Gasteiger partial charge in [-0.05, 0) is 24.3 Å². The van der Waals surface area contributed by atoms with Crippen molar-refractivity contribution in [2.75, 3.05) is 7.05 Å². The van der Waals surface area contributed by atoms with Crippen LogP contribution in [0.2, 0.25) is 0 Å². The summed E-state index contributed by atoms with van der Waals surface area (Å²) in [6.07, 6.45) is 2.34. The fraction of sp³-hybridized carbons (Fsp3) is 0.667. The Hall–Kier alpha value is -1.49. The Kier molecular flexibility index (Phi) is 2.70. The number of ketones is 1. The molecule has 2 amide bonds. The number of fused-ring (bicyclic) bond motifs is 2. The molecule has 1 saturated carbocycles. The van der Waals surface area contributed by atoms with Crippen LogP contribution in [-0.2, 0) is 14.4 Å². The van der Waals surface area contributed by atoms with Gasteiger partial charge in [0.25, 0.3) is 0 Å². The molecule has 0 unspecified atom stereocenters. The summed E-state index contributed by atoms with van der Waals surface area (Å²) in [5.74, 6) is -2.48. The molecule has 4 rings (SSSR count). The molecule has 1 saturated heterocycles. The van der Waals surface area contributed by atoms with Crippen molar-refractivity contribution >= 4 is 17.6 Å². The van der Waals surface area contributed by atoms with Gasteiger partial charge in [0.2, 0.25) is 11.8 Å². The predicted molar refractivity (Wildman–Crippen MR) is 70.4 cm³/mol. The molecule has 0 radical (unpaired) electrons. The van der Waals surface area contributed by atoms with Gasteiger partial charge in [0.15, 0.2) is 11.4 Å². The monoisotopic (exact) mass is 277 g/mol. The van der Waals surface area contributed by atoms with Gasteiger partial charge in [0.05, 0.1) is 11.8 Å². The van der Waals surface area contributed by atoms with E-state index >= 15 is 0 Å². The van der Waals surface area contributed by atoms with Gasteiger partial charge in [-0.25, -0.2) is 0 Å². The number of hydrogen-bond acceptors (Lipinski definition) is 4. The number of carbonyl (C=O) groups is 3. The summed E-state index contributed by atoms with van der Waals surface area (Å²) in [5.41, 5.74) is -0.856. The van der Waals surface area contributed by atoms with E-state index in [4.69, 9.17) is 0 Å². The topological polar surface area (TPSA) is 74.7 Å². The Morgan fingerprint density at radius 1 is 1.30 bits per heavy atom. The molecule has 0 aromatic carbocycles. The van der Waals surface area contributed by atoms with Gasteiger partial charge < -0.3 is 5.11 Å². The SMILES string of the molecule is CC(C)C1=C[C@]2(O)C(=O)CC[C@H]1[C@H]1C(=O)N(C)C(=O)[C@H]12. The molecule has 5 heteroatoms. The van der Waals surface area contributed by atoms with Gasteiger partial charge in [-0.3, -0.25) is 19.3 Å². The second-order valence-corrected chi connectivity index (χ2v) is 6.43. The molecular weight excluding hydrogens is 258 g/mol. The summed E-state index contributed by atoms with van der Waals surface area (Å²) >= 11 is 0. The maximum absolute atomic E-state index is 12.4. The number of Topliss-reactive ketones (excluding diaryl/α,β-unsaturated/α-hetero) is 1. The standard InChI is InChI=1S/C15H19NO4/c1-7(2)9-6-15(20)10(17)5-4-8(9)11-12(15)14(19)16(3)13(11)18/h6-8,11-12,20H,4-5H2,1-3H3/t8-,11-,12+,15+/m1/s1. The highest BCUT2D eigenvalue weighted by molar-refractivity contribution is 6.10. The second-order valence-electron chi connectivity index (χ2n) is 6.43.